The molecule has 0 fully saturated rings. The van der Waals surface area contributed by atoms with Gasteiger partial charge in [0.15, 0.2) is 5.78 Å². The first-order valence-corrected chi connectivity index (χ1v) is 13.0. The van der Waals surface area contributed by atoms with E-state index in [4.69, 9.17) is 5.11 Å². The molecule has 3 aromatic rings. The normalized spacial score (nSPS) is 11.6. The molecule has 2 atom stereocenters. The van der Waals surface area contributed by atoms with Gasteiger partial charge in [-0.25, -0.2) is 0 Å². The van der Waals surface area contributed by atoms with E-state index in [1.807, 2.05) is 24.3 Å². The number of Topliss-reactive ketones (excluding diaryl/α,β-unsaturated/α-hetero) is 1. The molecule has 7 heteroatoms. The summed E-state index contributed by atoms with van der Waals surface area (Å²) in [6, 6.07) is 20.6. The number of carbonyl (C=O) groups is 3. The van der Waals surface area contributed by atoms with Gasteiger partial charge in [-0.05, 0) is 98.2 Å². The molecule has 3 aromatic carbocycles. The van der Waals surface area contributed by atoms with E-state index < -0.39 is 30.4 Å². The average molecular weight is 537 g/mol. The zero-order valence-corrected chi connectivity index (χ0v) is 22.5. The molecular formula is C33H32N2O5. The molecule has 0 unspecified atom stereocenters. The second-order valence-electron chi connectivity index (χ2n) is 9.30. The third-order valence-corrected chi connectivity index (χ3v) is 6.17. The number of rotatable bonds is 10. The Hall–Kier alpha value is -4.69. The van der Waals surface area contributed by atoms with Gasteiger partial charge in [0, 0.05) is 28.8 Å². The first-order valence-electron chi connectivity index (χ1n) is 13.0. The molecule has 0 aliphatic carbocycles. The summed E-state index contributed by atoms with van der Waals surface area (Å²) >= 11 is 0. The van der Waals surface area contributed by atoms with Gasteiger partial charge >= 0.3 is 0 Å². The van der Waals surface area contributed by atoms with Crippen LogP contribution in [0.25, 0.3) is 0 Å². The summed E-state index contributed by atoms with van der Waals surface area (Å²) in [6.45, 7) is 2.66. The van der Waals surface area contributed by atoms with E-state index in [9.17, 15) is 19.5 Å². The SMILES string of the molecule is Cc1ccccc1CCCC(=O)Nc1ccc(C#CC#Cc2ccc(C(=O)N[C@H](C(=O)CO)[C@@H](C)O)cc2)cc1. The van der Waals surface area contributed by atoms with E-state index in [2.05, 4.69) is 53.4 Å². The van der Waals surface area contributed by atoms with Crippen LogP contribution in [0.4, 0.5) is 5.69 Å². The number of hydrogen-bond acceptors (Lipinski definition) is 5. The highest BCUT2D eigenvalue weighted by Gasteiger charge is 2.25. The minimum absolute atomic E-state index is 0.0248. The molecule has 0 spiro atoms. The maximum absolute atomic E-state index is 12.4. The Morgan fingerprint density at radius 1 is 0.875 bits per heavy atom. The fourth-order valence-electron chi connectivity index (χ4n) is 3.90. The molecule has 0 saturated heterocycles. The highest BCUT2D eigenvalue weighted by molar-refractivity contribution is 5.98. The number of nitrogens with one attached hydrogen (secondary N) is 2. The number of aliphatic hydroxyl groups is 2. The van der Waals surface area contributed by atoms with E-state index in [0.717, 1.165) is 18.4 Å². The molecule has 0 bridgehead atoms. The Balaban J connectivity index is 1.48. The highest BCUT2D eigenvalue weighted by Crippen LogP contribution is 2.13. The maximum atomic E-state index is 12.4. The van der Waals surface area contributed by atoms with Crippen LogP contribution in [-0.4, -0.2) is 46.6 Å². The molecule has 0 aromatic heterocycles. The Labute approximate surface area is 234 Å². The zero-order chi connectivity index (χ0) is 28.9. The number of aryl methyl sites for hydroxylation is 2. The maximum Gasteiger partial charge on any atom is 0.251 e. The lowest BCUT2D eigenvalue weighted by atomic mass is 10.0. The molecule has 204 valence electrons. The lowest BCUT2D eigenvalue weighted by molar-refractivity contribution is -0.126. The quantitative estimate of drug-likeness (QED) is 0.297. The van der Waals surface area contributed by atoms with Crippen molar-refractivity contribution in [2.45, 2.75) is 45.3 Å². The average Bonchev–Trinajstić information content (AvgIpc) is 2.95. The van der Waals surface area contributed by atoms with Crippen LogP contribution in [0.15, 0.2) is 72.8 Å². The van der Waals surface area contributed by atoms with Crippen molar-refractivity contribution in [3.05, 3.63) is 101 Å². The summed E-state index contributed by atoms with van der Waals surface area (Å²) < 4.78 is 0. The van der Waals surface area contributed by atoms with Gasteiger partial charge in [-0.2, -0.15) is 0 Å². The summed E-state index contributed by atoms with van der Waals surface area (Å²) in [5.74, 6) is 10.2. The summed E-state index contributed by atoms with van der Waals surface area (Å²) in [5.41, 5.74) is 4.90. The van der Waals surface area contributed by atoms with Crippen molar-refractivity contribution in [1.29, 1.82) is 0 Å². The summed E-state index contributed by atoms with van der Waals surface area (Å²) in [5, 5.41) is 24.0. The lowest BCUT2D eigenvalue weighted by Crippen LogP contribution is -2.48. The Morgan fingerprint density at radius 2 is 1.48 bits per heavy atom. The van der Waals surface area contributed by atoms with E-state index in [-0.39, 0.29) is 11.5 Å². The molecule has 0 radical (unpaired) electrons. The second kappa shape index (κ2) is 15.0. The Morgan fingerprint density at radius 3 is 2.05 bits per heavy atom. The van der Waals surface area contributed by atoms with Crippen LogP contribution >= 0.6 is 0 Å². The van der Waals surface area contributed by atoms with E-state index >= 15 is 0 Å². The zero-order valence-electron chi connectivity index (χ0n) is 22.5. The van der Waals surface area contributed by atoms with Gasteiger partial charge in [-0.3, -0.25) is 14.4 Å². The van der Waals surface area contributed by atoms with Crippen LogP contribution in [0.2, 0.25) is 0 Å². The molecule has 7 nitrogen and oxygen atoms in total. The number of aliphatic hydroxyl groups excluding tert-OH is 2. The van der Waals surface area contributed by atoms with Gasteiger partial charge < -0.3 is 20.8 Å². The minimum Gasteiger partial charge on any atom is -0.391 e. The van der Waals surface area contributed by atoms with Crippen LogP contribution in [-0.2, 0) is 16.0 Å². The lowest BCUT2D eigenvalue weighted by Gasteiger charge is -2.19. The number of amides is 2. The molecular weight excluding hydrogens is 504 g/mol. The van der Waals surface area contributed by atoms with E-state index in [0.29, 0.717) is 17.7 Å². The van der Waals surface area contributed by atoms with Crippen molar-refractivity contribution in [1.82, 2.24) is 5.32 Å². The van der Waals surface area contributed by atoms with Crippen molar-refractivity contribution >= 4 is 23.3 Å². The fraction of sp³-hybridized carbons (Fsp3) is 0.242. The Bertz CT molecular complexity index is 1450. The van der Waals surface area contributed by atoms with Gasteiger partial charge in [0.1, 0.15) is 12.6 Å². The molecule has 3 rings (SSSR count). The van der Waals surface area contributed by atoms with Gasteiger partial charge in [0.25, 0.3) is 5.91 Å². The molecule has 2 amide bonds. The first kappa shape index (κ1) is 29.9. The number of hydrogen-bond donors (Lipinski definition) is 4. The Kier molecular flexibility index (Phi) is 11.2. The van der Waals surface area contributed by atoms with Crippen LogP contribution in [0.1, 0.15) is 52.4 Å². The topological polar surface area (TPSA) is 116 Å². The van der Waals surface area contributed by atoms with Crippen LogP contribution in [0.3, 0.4) is 0 Å². The van der Waals surface area contributed by atoms with Gasteiger partial charge in [0.05, 0.1) is 6.10 Å². The third kappa shape index (κ3) is 9.25. The third-order valence-electron chi connectivity index (χ3n) is 6.17. The fourth-order valence-corrected chi connectivity index (χ4v) is 3.90. The molecule has 4 N–H and O–H groups in total. The second-order valence-corrected chi connectivity index (χ2v) is 9.30. The number of carbonyl (C=O) groups excluding carboxylic acids is 3. The van der Waals surface area contributed by atoms with Crippen molar-refractivity contribution < 1.29 is 24.6 Å². The molecule has 0 aliphatic rings. The molecule has 0 aliphatic heterocycles. The van der Waals surface area contributed by atoms with Crippen LogP contribution in [0, 0.1) is 30.6 Å². The number of anilines is 1. The minimum atomic E-state index is -1.19. The molecule has 0 heterocycles. The van der Waals surface area contributed by atoms with Crippen molar-refractivity contribution in [2.24, 2.45) is 0 Å². The van der Waals surface area contributed by atoms with E-state index in [1.165, 1.54) is 18.1 Å². The van der Waals surface area contributed by atoms with Crippen LogP contribution < -0.4 is 10.6 Å². The number of ketones is 1. The standard InChI is InChI=1S/C33H32N2O5/c1-23-8-3-6-11-27(23)12-7-13-31(39)34-29-20-16-26(17-21-29)10-5-4-9-25-14-18-28(19-15-25)33(40)35-32(24(2)37)30(38)22-36/h3,6,8,11,14-21,24,32,36-37H,7,12-13,22H2,1-2H3,(H,34,39)(H,35,40)/t24-,32+/m1/s1. The highest BCUT2D eigenvalue weighted by atomic mass is 16.3. The first-order chi connectivity index (χ1) is 19.3. The molecule has 0 saturated carbocycles. The van der Waals surface area contributed by atoms with Crippen LogP contribution in [0.5, 0.6) is 0 Å². The largest absolute Gasteiger partial charge is 0.391 e. The van der Waals surface area contributed by atoms with Gasteiger partial charge in [0.2, 0.25) is 5.91 Å². The van der Waals surface area contributed by atoms with E-state index in [1.54, 1.807) is 36.4 Å². The summed E-state index contributed by atoms with van der Waals surface area (Å²) in [4.78, 5) is 36.3. The monoisotopic (exact) mass is 536 g/mol. The predicted octanol–water partition coefficient (Wildman–Crippen LogP) is 3.40. The van der Waals surface area contributed by atoms with Crippen molar-refractivity contribution in [3.8, 4) is 23.7 Å². The predicted molar refractivity (Wildman–Crippen MR) is 154 cm³/mol. The smallest absolute Gasteiger partial charge is 0.251 e. The summed E-state index contributed by atoms with van der Waals surface area (Å²) in [6.07, 6.45) is 0.960. The molecule has 40 heavy (non-hydrogen) atoms. The van der Waals surface area contributed by atoms with Crippen molar-refractivity contribution in [2.75, 3.05) is 11.9 Å². The van der Waals surface area contributed by atoms with Gasteiger partial charge in [-0.1, -0.05) is 36.1 Å². The summed E-state index contributed by atoms with van der Waals surface area (Å²) in [7, 11) is 0. The number of benzene rings is 3. The van der Waals surface area contributed by atoms with Crippen molar-refractivity contribution in [3.63, 3.8) is 0 Å². The van der Waals surface area contributed by atoms with Gasteiger partial charge in [-0.15, -0.1) is 0 Å².